The van der Waals surface area contributed by atoms with E-state index in [1.165, 1.54) is 64.2 Å². The van der Waals surface area contributed by atoms with E-state index in [0.29, 0.717) is 0 Å². The molecule has 88 valence electrons. The molecule has 0 spiro atoms. The molecule has 0 aromatic rings. The van der Waals surface area contributed by atoms with Gasteiger partial charge in [0.2, 0.25) is 0 Å². The standard InChI is InChI=1S/C12H27N.H2Te/c1-2-3-4-5-6-7-8-9-10-11-12-13;/h2-13H2,1H3;1H2. The molecule has 1 nitrogen and oxygen atoms in total. The first-order valence-electron chi connectivity index (χ1n) is 6.12. The minimum atomic E-state index is 0. The topological polar surface area (TPSA) is 26.0 Å². The van der Waals surface area contributed by atoms with Crippen LogP contribution in [0, 0.1) is 0 Å². The van der Waals surface area contributed by atoms with E-state index in [2.05, 4.69) is 6.92 Å². The Hall–Kier alpha value is 0.750. The average molecular weight is 315 g/mol. The Labute approximate surface area is 107 Å². The number of nitrogens with two attached hydrogens (primary N) is 1. The van der Waals surface area contributed by atoms with Crippen molar-refractivity contribution < 1.29 is 0 Å². The molecule has 0 aliphatic carbocycles. The summed E-state index contributed by atoms with van der Waals surface area (Å²) in [5, 5.41) is 0. The maximum absolute atomic E-state index is 5.42. The second-order valence-electron chi connectivity index (χ2n) is 3.97. The quantitative estimate of drug-likeness (QED) is 0.487. The van der Waals surface area contributed by atoms with Gasteiger partial charge in [-0.1, -0.05) is 64.7 Å². The van der Waals surface area contributed by atoms with Gasteiger partial charge < -0.3 is 5.73 Å². The Balaban J connectivity index is 0. The van der Waals surface area contributed by atoms with Crippen LogP contribution in [0.5, 0.6) is 0 Å². The van der Waals surface area contributed by atoms with Gasteiger partial charge in [-0.25, -0.2) is 0 Å². The van der Waals surface area contributed by atoms with Gasteiger partial charge in [0.25, 0.3) is 0 Å². The van der Waals surface area contributed by atoms with Crippen LogP contribution >= 0.6 is 0 Å². The van der Waals surface area contributed by atoms with Crippen LogP contribution in [0.15, 0.2) is 0 Å². The van der Waals surface area contributed by atoms with Crippen LogP contribution in [0.1, 0.15) is 71.1 Å². The molecular formula is C12H29NTe. The fourth-order valence-electron chi connectivity index (χ4n) is 1.63. The maximum atomic E-state index is 5.42. The van der Waals surface area contributed by atoms with Crippen molar-refractivity contribution in [2.45, 2.75) is 71.1 Å². The van der Waals surface area contributed by atoms with E-state index >= 15 is 0 Å². The monoisotopic (exact) mass is 317 g/mol. The molecule has 0 radical (unpaired) electrons. The molecule has 0 atom stereocenters. The van der Waals surface area contributed by atoms with Crippen molar-refractivity contribution in [3.8, 4) is 0 Å². The van der Waals surface area contributed by atoms with E-state index in [0.717, 1.165) is 6.54 Å². The van der Waals surface area contributed by atoms with Crippen LogP contribution in [0.3, 0.4) is 0 Å². The molecule has 0 bridgehead atoms. The Morgan fingerprint density at radius 1 is 0.643 bits per heavy atom. The van der Waals surface area contributed by atoms with E-state index in [4.69, 9.17) is 5.73 Å². The van der Waals surface area contributed by atoms with Crippen molar-refractivity contribution in [1.29, 1.82) is 0 Å². The molecule has 0 heterocycles. The first-order valence-corrected chi connectivity index (χ1v) is 6.12. The molecule has 0 saturated heterocycles. The molecular weight excluding hydrogens is 286 g/mol. The molecule has 0 aliphatic rings. The zero-order valence-corrected chi connectivity index (χ0v) is 12.7. The van der Waals surface area contributed by atoms with Crippen LogP contribution in [-0.4, -0.2) is 30.2 Å². The third-order valence-electron chi connectivity index (χ3n) is 2.56. The van der Waals surface area contributed by atoms with Crippen molar-refractivity contribution in [3.05, 3.63) is 0 Å². The van der Waals surface area contributed by atoms with Crippen molar-refractivity contribution in [1.82, 2.24) is 0 Å². The van der Waals surface area contributed by atoms with Gasteiger partial charge in [0.1, 0.15) is 0 Å². The van der Waals surface area contributed by atoms with Gasteiger partial charge >= 0.3 is 23.7 Å². The van der Waals surface area contributed by atoms with Crippen LogP contribution in [0.2, 0.25) is 0 Å². The third-order valence-corrected chi connectivity index (χ3v) is 2.56. The molecule has 2 N–H and O–H groups in total. The molecule has 14 heavy (non-hydrogen) atoms. The van der Waals surface area contributed by atoms with E-state index in [-0.39, 0.29) is 23.7 Å². The molecule has 0 unspecified atom stereocenters. The third kappa shape index (κ3) is 15.2. The first kappa shape index (κ1) is 17.2. The van der Waals surface area contributed by atoms with Gasteiger partial charge in [-0.15, -0.1) is 0 Å². The fraction of sp³-hybridized carbons (Fsp3) is 1.00. The van der Waals surface area contributed by atoms with E-state index in [9.17, 15) is 0 Å². The van der Waals surface area contributed by atoms with Crippen molar-refractivity contribution in [3.63, 3.8) is 0 Å². The Bertz CT molecular complexity index is 76.4. The molecule has 2 heteroatoms. The molecule has 0 fully saturated rings. The zero-order chi connectivity index (χ0) is 9.78. The second-order valence-corrected chi connectivity index (χ2v) is 3.97. The van der Waals surface area contributed by atoms with Gasteiger partial charge in [0, 0.05) is 0 Å². The summed E-state index contributed by atoms with van der Waals surface area (Å²) in [6.07, 6.45) is 13.9. The molecule has 0 aromatic carbocycles. The van der Waals surface area contributed by atoms with Gasteiger partial charge in [-0.2, -0.15) is 0 Å². The molecule has 0 amide bonds. The Morgan fingerprint density at radius 2 is 1.00 bits per heavy atom. The van der Waals surface area contributed by atoms with E-state index in [1.54, 1.807) is 0 Å². The predicted molar refractivity (Wildman–Crippen MR) is 69.4 cm³/mol. The molecule has 0 aromatic heterocycles. The first-order chi connectivity index (χ1) is 6.41. The van der Waals surface area contributed by atoms with Gasteiger partial charge in [0.15, 0.2) is 0 Å². The Morgan fingerprint density at radius 3 is 1.36 bits per heavy atom. The summed E-state index contributed by atoms with van der Waals surface area (Å²) < 4.78 is 0. The summed E-state index contributed by atoms with van der Waals surface area (Å²) >= 11 is 0. The summed E-state index contributed by atoms with van der Waals surface area (Å²) in [4.78, 5) is 0. The van der Waals surface area contributed by atoms with Crippen LogP contribution in [0.4, 0.5) is 0 Å². The van der Waals surface area contributed by atoms with Crippen molar-refractivity contribution >= 4 is 23.7 Å². The van der Waals surface area contributed by atoms with Crippen LogP contribution < -0.4 is 5.73 Å². The number of hydrogen-bond acceptors (Lipinski definition) is 1. The van der Waals surface area contributed by atoms with E-state index < -0.39 is 0 Å². The fourth-order valence-corrected chi connectivity index (χ4v) is 1.63. The van der Waals surface area contributed by atoms with E-state index in [1.807, 2.05) is 0 Å². The average Bonchev–Trinajstić information content (AvgIpc) is 2.16. The normalized spacial score (nSPS) is 9.86. The van der Waals surface area contributed by atoms with Gasteiger partial charge in [-0.3, -0.25) is 0 Å². The summed E-state index contributed by atoms with van der Waals surface area (Å²) in [7, 11) is 0. The summed E-state index contributed by atoms with van der Waals surface area (Å²) in [6.45, 7) is 3.14. The van der Waals surface area contributed by atoms with Crippen LogP contribution in [0.25, 0.3) is 0 Å². The summed E-state index contributed by atoms with van der Waals surface area (Å²) in [6, 6.07) is 0. The van der Waals surface area contributed by atoms with Crippen molar-refractivity contribution in [2.24, 2.45) is 5.73 Å². The number of rotatable bonds is 10. The minimum absolute atomic E-state index is 0. The van der Waals surface area contributed by atoms with Crippen molar-refractivity contribution in [2.75, 3.05) is 6.54 Å². The summed E-state index contributed by atoms with van der Waals surface area (Å²) in [5.41, 5.74) is 5.42. The SMILES string of the molecule is CCCCCCCCCCCCN.[TeH2]. The number of unbranched alkanes of at least 4 members (excludes halogenated alkanes) is 9. The number of hydrogen-bond donors (Lipinski definition) is 1. The van der Waals surface area contributed by atoms with Crippen LogP contribution in [-0.2, 0) is 0 Å². The Kier molecular flexibility index (Phi) is 19.8. The predicted octanol–water partition coefficient (Wildman–Crippen LogP) is 2.95. The van der Waals surface area contributed by atoms with Gasteiger partial charge in [-0.05, 0) is 13.0 Å². The second kappa shape index (κ2) is 16.2. The summed E-state index contributed by atoms with van der Waals surface area (Å²) in [5.74, 6) is 0. The molecule has 0 aliphatic heterocycles. The zero-order valence-electron chi connectivity index (χ0n) is 9.86. The van der Waals surface area contributed by atoms with Gasteiger partial charge in [0.05, 0.1) is 0 Å². The molecule has 0 saturated carbocycles. The molecule has 0 rings (SSSR count).